The van der Waals surface area contributed by atoms with E-state index in [-0.39, 0.29) is 34.2 Å². The number of carboxylic acids is 1. The zero-order chi connectivity index (χ0) is 19.3. The Bertz CT molecular complexity index is 883. The molecule has 1 heterocycles. The first-order chi connectivity index (χ1) is 12.2. The summed E-state index contributed by atoms with van der Waals surface area (Å²) in [5.41, 5.74) is -0.241. The number of aromatic nitrogens is 2. The zero-order valence-corrected chi connectivity index (χ0v) is 15.3. The number of anilines is 1. The van der Waals surface area contributed by atoms with Crippen LogP contribution in [0.3, 0.4) is 0 Å². The standard InChI is InChI=1S/C16H19N3O6S/c1-10(9-24-2)17-14-8-13(15(20)21)18-16(19-14)25-11-4-6-12(7-5-11)26(3,22)23/h4-8,10H,9H2,1-3H3,(H,20,21)(H,17,18,19). The lowest BCUT2D eigenvalue weighted by molar-refractivity contribution is 0.0689. The van der Waals surface area contributed by atoms with Crippen molar-refractivity contribution in [1.82, 2.24) is 9.97 Å². The van der Waals surface area contributed by atoms with Crippen LogP contribution in [0.5, 0.6) is 11.8 Å². The van der Waals surface area contributed by atoms with E-state index in [1.54, 1.807) is 7.11 Å². The van der Waals surface area contributed by atoms with E-state index in [2.05, 4.69) is 15.3 Å². The fraction of sp³-hybridized carbons (Fsp3) is 0.312. The number of nitrogens with zero attached hydrogens (tertiary/aromatic N) is 2. The molecule has 0 aliphatic heterocycles. The van der Waals surface area contributed by atoms with Crippen LogP contribution in [-0.4, -0.2) is 55.5 Å². The molecule has 0 fully saturated rings. The van der Waals surface area contributed by atoms with Crippen LogP contribution in [0.2, 0.25) is 0 Å². The second kappa shape index (κ2) is 8.11. The average molecular weight is 381 g/mol. The van der Waals surface area contributed by atoms with E-state index in [0.29, 0.717) is 6.61 Å². The van der Waals surface area contributed by atoms with Crippen LogP contribution in [0.15, 0.2) is 35.2 Å². The van der Waals surface area contributed by atoms with Crippen LogP contribution < -0.4 is 10.1 Å². The van der Waals surface area contributed by atoms with Gasteiger partial charge in [-0.2, -0.15) is 9.97 Å². The Morgan fingerprint density at radius 2 is 1.92 bits per heavy atom. The Balaban J connectivity index is 2.27. The molecule has 140 valence electrons. The summed E-state index contributed by atoms with van der Waals surface area (Å²) in [5, 5.41) is 12.2. The molecule has 1 aromatic heterocycles. The quantitative estimate of drug-likeness (QED) is 0.703. The van der Waals surface area contributed by atoms with E-state index < -0.39 is 15.8 Å². The number of hydrogen-bond acceptors (Lipinski definition) is 8. The lowest BCUT2D eigenvalue weighted by Gasteiger charge is -2.14. The number of aromatic carboxylic acids is 1. The monoisotopic (exact) mass is 381 g/mol. The number of nitrogens with one attached hydrogen (secondary N) is 1. The van der Waals surface area contributed by atoms with Crippen molar-refractivity contribution in [1.29, 1.82) is 0 Å². The van der Waals surface area contributed by atoms with Gasteiger partial charge in [0.1, 0.15) is 11.6 Å². The third-order valence-corrected chi connectivity index (χ3v) is 4.33. The van der Waals surface area contributed by atoms with Crippen molar-refractivity contribution in [3.63, 3.8) is 0 Å². The third kappa shape index (κ3) is 5.39. The molecule has 2 aromatic rings. The molecule has 0 saturated heterocycles. The van der Waals surface area contributed by atoms with Crippen LogP contribution in [-0.2, 0) is 14.6 Å². The molecule has 1 unspecified atom stereocenters. The highest BCUT2D eigenvalue weighted by molar-refractivity contribution is 7.90. The topological polar surface area (TPSA) is 128 Å². The third-order valence-electron chi connectivity index (χ3n) is 3.20. The first-order valence-corrected chi connectivity index (χ1v) is 9.44. The zero-order valence-electron chi connectivity index (χ0n) is 14.5. The van der Waals surface area contributed by atoms with Gasteiger partial charge >= 0.3 is 12.0 Å². The summed E-state index contributed by atoms with van der Waals surface area (Å²) in [7, 11) is -1.77. The van der Waals surface area contributed by atoms with Gasteiger partial charge in [-0.1, -0.05) is 0 Å². The highest BCUT2D eigenvalue weighted by atomic mass is 32.2. The lowest BCUT2D eigenvalue weighted by atomic mass is 10.3. The Morgan fingerprint density at radius 3 is 2.46 bits per heavy atom. The highest BCUT2D eigenvalue weighted by Gasteiger charge is 2.14. The van der Waals surface area contributed by atoms with Crippen molar-refractivity contribution in [2.75, 3.05) is 25.3 Å². The second-order valence-electron chi connectivity index (χ2n) is 5.57. The van der Waals surface area contributed by atoms with Gasteiger partial charge in [0.05, 0.1) is 11.5 Å². The molecule has 9 nitrogen and oxygen atoms in total. The molecule has 26 heavy (non-hydrogen) atoms. The van der Waals surface area contributed by atoms with E-state index in [1.165, 1.54) is 30.3 Å². The predicted molar refractivity (Wildman–Crippen MR) is 93.6 cm³/mol. The Hall–Kier alpha value is -2.72. The molecule has 1 atom stereocenters. The van der Waals surface area contributed by atoms with Crippen molar-refractivity contribution in [2.45, 2.75) is 17.9 Å². The number of sulfone groups is 1. The first-order valence-electron chi connectivity index (χ1n) is 7.55. The van der Waals surface area contributed by atoms with Crippen LogP contribution in [0, 0.1) is 0 Å². The largest absolute Gasteiger partial charge is 0.477 e. The van der Waals surface area contributed by atoms with Gasteiger partial charge in [-0.3, -0.25) is 0 Å². The molecule has 0 spiro atoms. The molecule has 0 aliphatic rings. The molecule has 2 N–H and O–H groups in total. The van der Waals surface area contributed by atoms with Gasteiger partial charge in [-0.15, -0.1) is 0 Å². The summed E-state index contributed by atoms with van der Waals surface area (Å²) in [6.07, 6.45) is 1.10. The number of carboxylic acid groups (broad SMARTS) is 1. The summed E-state index contributed by atoms with van der Waals surface area (Å²) in [4.78, 5) is 19.4. The minimum Gasteiger partial charge on any atom is -0.477 e. The lowest BCUT2D eigenvalue weighted by Crippen LogP contribution is -2.22. The predicted octanol–water partition coefficient (Wildman–Crippen LogP) is 1.82. The smallest absolute Gasteiger partial charge is 0.354 e. The van der Waals surface area contributed by atoms with Gasteiger partial charge in [0.2, 0.25) is 0 Å². The van der Waals surface area contributed by atoms with Crippen LogP contribution in [0.25, 0.3) is 0 Å². The summed E-state index contributed by atoms with van der Waals surface area (Å²) < 4.78 is 33.4. The number of ether oxygens (including phenoxy) is 2. The maximum absolute atomic E-state index is 11.5. The summed E-state index contributed by atoms with van der Waals surface area (Å²) >= 11 is 0. The minimum absolute atomic E-state index is 0.113. The van der Waals surface area contributed by atoms with Crippen molar-refractivity contribution < 1.29 is 27.8 Å². The SMILES string of the molecule is COCC(C)Nc1cc(C(=O)O)nc(Oc2ccc(S(C)(=O)=O)cc2)n1. The van der Waals surface area contributed by atoms with Gasteiger partial charge in [0.15, 0.2) is 15.5 Å². The Labute approximate surface area is 150 Å². The Morgan fingerprint density at radius 1 is 1.27 bits per heavy atom. The summed E-state index contributed by atoms with van der Waals surface area (Å²) in [5.74, 6) is -0.687. The average Bonchev–Trinajstić information content (AvgIpc) is 2.54. The maximum atomic E-state index is 11.5. The summed E-state index contributed by atoms with van der Waals surface area (Å²) in [6, 6.07) is 6.63. The maximum Gasteiger partial charge on any atom is 0.354 e. The fourth-order valence-electron chi connectivity index (χ4n) is 2.06. The molecular formula is C16H19N3O6S. The van der Waals surface area contributed by atoms with Crippen molar-refractivity contribution in [2.24, 2.45) is 0 Å². The number of carbonyl (C=O) groups is 1. The van der Waals surface area contributed by atoms with Gasteiger partial charge < -0.3 is 19.9 Å². The van der Waals surface area contributed by atoms with Gasteiger partial charge in [-0.05, 0) is 31.2 Å². The van der Waals surface area contributed by atoms with Gasteiger partial charge in [0, 0.05) is 25.5 Å². The van der Waals surface area contributed by atoms with Crippen LogP contribution >= 0.6 is 0 Å². The van der Waals surface area contributed by atoms with Crippen LogP contribution in [0.4, 0.5) is 5.82 Å². The molecule has 0 radical (unpaired) electrons. The van der Waals surface area contributed by atoms with E-state index in [0.717, 1.165) is 6.26 Å². The van der Waals surface area contributed by atoms with E-state index in [9.17, 15) is 18.3 Å². The van der Waals surface area contributed by atoms with E-state index in [1.807, 2.05) is 6.92 Å². The molecule has 2 rings (SSSR count). The number of methoxy groups -OCH3 is 1. The fourth-order valence-corrected chi connectivity index (χ4v) is 2.69. The van der Waals surface area contributed by atoms with E-state index in [4.69, 9.17) is 9.47 Å². The van der Waals surface area contributed by atoms with Crippen LogP contribution in [0.1, 0.15) is 17.4 Å². The normalized spacial score (nSPS) is 12.4. The highest BCUT2D eigenvalue weighted by Crippen LogP contribution is 2.22. The minimum atomic E-state index is -3.32. The first kappa shape index (κ1) is 19.6. The van der Waals surface area contributed by atoms with Crippen molar-refractivity contribution in [3.05, 3.63) is 36.0 Å². The van der Waals surface area contributed by atoms with E-state index >= 15 is 0 Å². The number of rotatable bonds is 8. The number of benzene rings is 1. The molecule has 1 aromatic carbocycles. The molecule has 10 heteroatoms. The Kier molecular flexibility index (Phi) is 6.11. The van der Waals surface area contributed by atoms with Crippen molar-refractivity contribution >= 4 is 21.6 Å². The molecule has 0 amide bonds. The molecule has 0 saturated carbocycles. The molecule has 0 aliphatic carbocycles. The molecule has 0 bridgehead atoms. The molecular weight excluding hydrogens is 362 g/mol. The van der Waals surface area contributed by atoms with Gasteiger partial charge in [0.25, 0.3) is 0 Å². The van der Waals surface area contributed by atoms with Gasteiger partial charge in [-0.25, -0.2) is 13.2 Å². The number of hydrogen-bond donors (Lipinski definition) is 2. The summed E-state index contributed by atoms with van der Waals surface area (Å²) in [6.45, 7) is 2.24. The second-order valence-corrected chi connectivity index (χ2v) is 7.59. The van der Waals surface area contributed by atoms with Crippen molar-refractivity contribution in [3.8, 4) is 11.8 Å².